The number of hydrogen-bond acceptors (Lipinski definition) is 4. The number of carbonyl (C=O) groups excluding carboxylic acids is 1. The zero-order valence-electron chi connectivity index (χ0n) is 10.7. The number of nitrogens with zero attached hydrogens (tertiary/aromatic N) is 1. The van der Waals surface area contributed by atoms with Crippen LogP contribution in [0.15, 0.2) is 24.3 Å². The van der Waals surface area contributed by atoms with Crippen molar-refractivity contribution in [2.45, 2.75) is 12.6 Å². The summed E-state index contributed by atoms with van der Waals surface area (Å²) in [6.45, 7) is -0.373. The van der Waals surface area contributed by atoms with Gasteiger partial charge < -0.3 is 10.6 Å². The Labute approximate surface area is 117 Å². The second kappa shape index (κ2) is 5.32. The van der Waals surface area contributed by atoms with E-state index < -0.39 is 29.0 Å². The van der Waals surface area contributed by atoms with E-state index in [-0.39, 0.29) is 24.3 Å². The minimum absolute atomic E-state index is 0.0844. The topological polar surface area (TPSA) is 84.3 Å². The summed E-state index contributed by atoms with van der Waals surface area (Å²) >= 11 is 0. The van der Waals surface area contributed by atoms with Crippen LogP contribution in [0.1, 0.15) is 6.42 Å². The van der Waals surface area contributed by atoms with E-state index in [2.05, 4.69) is 10.6 Å². The first kappa shape index (κ1) is 15.2. The van der Waals surface area contributed by atoms with Gasteiger partial charge in [-0.25, -0.2) is 0 Å². The molecule has 2 N–H and O–H groups in total. The molecule has 1 heterocycles. The third-order valence-corrected chi connectivity index (χ3v) is 3.47. The van der Waals surface area contributed by atoms with Gasteiger partial charge in [0, 0.05) is 24.4 Å². The molecular formula is C12H12F3N3O3. The number of nitrogens with one attached hydrogen (secondary N) is 2. The lowest BCUT2D eigenvalue weighted by molar-refractivity contribution is -0.384. The first-order chi connectivity index (χ1) is 9.76. The molecule has 0 bridgehead atoms. The predicted octanol–water partition coefficient (Wildman–Crippen LogP) is 2.08. The number of halogens is 3. The summed E-state index contributed by atoms with van der Waals surface area (Å²) in [4.78, 5) is 21.8. The molecule has 2 rings (SSSR count). The van der Waals surface area contributed by atoms with E-state index >= 15 is 0 Å². The van der Waals surface area contributed by atoms with Crippen LogP contribution in [-0.2, 0) is 4.79 Å². The van der Waals surface area contributed by atoms with Gasteiger partial charge in [-0.1, -0.05) is 0 Å². The smallest absolute Gasteiger partial charge is 0.325 e. The molecule has 1 unspecified atom stereocenters. The molecule has 21 heavy (non-hydrogen) atoms. The number of hydrogen-bond donors (Lipinski definition) is 2. The SMILES string of the molecule is O=C(Nc1ccc([N+](=O)[O-])cc1)C1(C(F)(F)F)CCNC1. The minimum Gasteiger partial charge on any atom is -0.325 e. The highest BCUT2D eigenvalue weighted by Crippen LogP contribution is 2.43. The first-order valence-corrected chi connectivity index (χ1v) is 6.10. The second-order valence-electron chi connectivity index (χ2n) is 4.76. The van der Waals surface area contributed by atoms with Crippen molar-refractivity contribution >= 4 is 17.3 Å². The second-order valence-corrected chi connectivity index (χ2v) is 4.76. The van der Waals surface area contributed by atoms with Crippen LogP contribution in [0.2, 0.25) is 0 Å². The maximum Gasteiger partial charge on any atom is 0.404 e. The van der Waals surface area contributed by atoms with E-state index in [1.165, 1.54) is 12.1 Å². The number of non-ortho nitro benzene ring substituents is 1. The molecule has 1 aliphatic heterocycles. The van der Waals surface area contributed by atoms with Crippen LogP contribution in [-0.4, -0.2) is 30.1 Å². The predicted molar refractivity (Wildman–Crippen MR) is 67.7 cm³/mol. The van der Waals surface area contributed by atoms with Crippen LogP contribution in [0, 0.1) is 15.5 Å². The van der Waals surface area contributed by atoms with Gasteiger partial charge in [-0.15, -0.1) is 0 Å². The van der Waals surface area contributed by atoms with Crippen LogP contribution < -0.4 is 10.6 Å². The lowest BCUT2D eigenvalue weighted by Gasteiger charge is -2.29. The average molecular weight is 303 g/mol. The van der Waals surface area contributed by atoms with Gasteiger partial charge in [0.05, 0.1) is 4.92 Å². The summed E-state index contributed by atoms with van der Waals surface area (Å²) in [7, 11) is 0. The molecule has 1 amide bonds. The van der Waals surface area contributed by atoms with Crippen LogP contribution in [0.3, 0.4) is 0 Å². The number of nitro benzene ring substituents is 1. The molecule has 0 spiro atoms. The van der Waals surface area contributed by atoms with Crippen molar-refractivity contribution in [1.29, 1.82) is 0 Å². The van der Waals surface area contributed by atoms with Gasteiger partial charge in [0.15, 0.2) is 5.41 Å². The molecule has 0 radical (unpaired) electrons. The largest absolute Gasteiger partial charge is 0.404 e. The van der Waals surface area contributed by atoms with Gasteiger partial charge in [0.25, 0.3) is 5.69 Å². The molecule has 1 aromatic carbocycles. The quantitative estimate of drug-likeness (QED) is 0.661. The van der Waals surface area contributed by atoms with Crippen molar-refractivity contribution in [3.8, 4) is 0 Å². The Balaban J connectivity index is 2.18. The maximum atomic E-state index is 13.1. The Morgan fingerprint density at radius 1 is 1.33 bits per heavy atom. The lowest BCUT2D eigenvalue weighted by Crippen LogP contribution is -2.49. The highest BCUT2D eigenvalue weighted by Gasteiger charge is 2.61. The molecule has 1 aromatic rings. The van der Waals surface area contributed by atoms with Crippen molar-refractivity contribution in [3.63, 3.8) is 0 Å². The van der Waals surface area contributed by atoms with E-state index in [0.29, 0.717) is 0 Å². The Morgan fingerprint density at radius 2 is 1.95 bits per heavy atom. The minimum atomic E-state index is -4.67. The van der Waals surface area contributed by atoms with Crippen molar-refractivity contribution < 1.29 is 22.9 Å². The first-order valence-electron chi connectivity index (χ1n) is 6.10. The number of amides is 1. The number of alkyl halides is 3. The van der Waals surface area contributed by atoms with Crippen LogP contribution in [0.5, 0.6) is 0 Å². The fourth-order valence-corrected chi connectivity index (χ4v) is 2.17. The number of benzene rings is 1. The van der Waals surface area contributed by atoms with Gasteiger partial charge in [-0.05, 0) is 25.1 Å². The monoisotopic (exact) mass is 303 g/mol. The fourth-order valence-electron chi connectivity index (χ4n) is 2.17. The summed E-state index contributed by atoms with van der Waals surface area (Å²) in [5, 5.41) is 15.2. The number of anilines is 1. The zero-order valence-corrected chi connectivity index (χ0v) is 10.7. The molecule has 9 heteroatoms. The normalized spacial score (nSPS) is 22.0. The standard InChI is InChI=1S/C12H12F3N3O3/c13-12(14,15)11(5-6-16-7-11)10(19)17-8-1-3-9(4-2-8)18(20)21/h1-4,16H,5-7H2,(H,17,19). The molecule has 6 nitrogen and oxygen atoms in total. The van der Waals surface area contributed by atoms with Crippen molar-refractivity contribution in [3.05, 3.63) is 34.4 Å². The average Bonchev–Trinajstić information content (AvgIpc) is 2.89. The lowest BCUT2D eigenvalue weighted by atomic mass is 9.85. The summed E-state index contributed by atoms with van der Waals surface area (Å²) in [6, 6.07) is 4.62. The Bertz CT molecular complexity index is 551. The van der Waals surface area contributed by atoms with E-state index in [0.717, 1.165) is 12.1 Å². The summed E-state index contributed by atoms with van der Waals surface area (Å²) < 4.78 is 39.4. The molecule has 1 aliphatic rings. The third-order valence-electron chi connectivity index (χ3n) is 3.47. The molecular weight excluding hydrogens is 291 g/mol. The number of rotatable bonds is 3. The van der Waals surface area contributed by atoms with E-state index in [9.17, 15) is 28.1 Å². The van der Waals surface area contributed by atoms with Crippen molar-refractivity contribution in [2.75, 3.05) is 18.4 Å². The molecule has 114 valence electrons. The zero-order chi connectivity index (χ0) is 15.7. The Kier molecular flexibility index (Phi) is 3.86. The Hall–Kier alpha value is -2.16. The summed E-state index contributed by atoms with van der Waals surface area (Å²) in [5.41, 5.74) is -2.59. The molecule has 0 saturated carbocycles. The third kappa shape index (κ3) is 2.82. The summed E-state index contributed by atoms with van der Waals surface area (Å²) in [5.74, 6) is -1.16. The molecule has 1 fully saturated rings. The van der Waals surface area contributed by atoms with Crippen LogP contribution in [0.25, 0.3) is 0 Å². The van der Waals surface area contributed by atoms with Crippen LogP contribution in [0.4, 0.5) is 24.5 Å². The van der Waals surface area contributed by atoms with Gasteiger partial charge in [-0.2, -0.15) is 13.2 Å². The van der Waals surface area contributed by atoms with Crippen molar-refractivity contribution in [1.82, 2.24) is 5.32 Å². The van der Waals surface area contributed by atoms with Gasteiger partial charge in [0.2, 0.25) is 5.91 Å². The van der Waals surface area contributed by atoms with Gasteiger partial charge in [0.1, 0.15) is 0 Å². The highest BCUT2D eigenvalue weighted by molar-refractivity contribution is 5.96. The molecule has 0 aliphatic carbocycles. The Morgan fingerprint density at radius 3 is 2.38 bits per heavy atom. The highest BCUT2D eigenvalue weighted by atomic mass is 19.4. The summed E-state index contributed by atoms with van der Waals surface area (Å²) in [6.07, 6.45) is -5.00. The van der Waals surface area contributed by atoms with Gasteiger partial charge >= 0.3 is 6.18 Å². The van der Waals surface area contributed by atoms with Crippen molar-refractivity contribution in [2.24, 2.45) is 5.41 Å². The fraction of sp³-hybridized carbons (Fsp3) is 0.417. The number of carbonyl (C=O) groups is 1. The van der Waals surface area contributed by atoms with E-state index in [1.54, 1.807) is 0 Å². The van der Waals surface area contributed by atoms with E-state index in [1.807, 2.05) is 0 Å². The van der Waals surface area contributed by atoms with E-state index in [4.69, 9.17) is 0 Å². The molecule has 1 saturated heterocycles. The molecule has 0 aromatic heterocycles. The maximum absolute atomic E-state index is 13.1. The number of nitro groups is 1. The molecule has 1 atom stereocenters. The van der Waals surface area contributed by atoms with Crippen LogP contribution >= 0.6 is 0 Å². The van der Waals surface area contributed by atoms with Gasteiger partial charge in [-0.3, -0.25) is 14.9 Å².